The van der Waals surface area contributed by atoms with Crippen molar-refractivity contribution in [3.63, 3.8) is 0 Å². The molecule has 9 nitrogen and oxygen atoms in total. The summed E-state index contributed by atoms with van der Waals surface area (Å²) >= 11 is 0. The Morgan fingerprint density at radius 3 is 0.970 bits per heavy atom. The summed E-state index contributed by atoms with van der Waals surface area (Å²) in [5.41, 5.74) is 0. The topological polar surface area (TPSA) is 94.1 Å². The third-order valence-corrected chi connectivity index (χ3v) is 4.34. The van der Waals surface area contributed by atoms with Gasteiger partial charge < -0.3 is 28.4 Å². The van der Waals surface area contributed by atoms with Gasteiger partial charge in [0.15, 0.2) is 0 Å². The third kappa shape index (κ3) is 16.3. The van der Waals surface area contributed by atoms with Gasteiger partial charge in [-0.15, -0.1) is 15.0 Å². The summed E-state index contributed by atoms with van der Waals surface area (Å²) < 4.78 is 32.4. The van der Waals surface area contributed by atoms with Gasteiger partial charge in [0.2, 0.25) is 0 Å². The number of ether oxygens (including phenoxy) is 6. The molecule has 0 aliphatic heterocycles. The molecule has 0 saturated carbocycles. The molecule has 1 rings (SSSR count). The van der Waals surface area contributed by atoms with Gasteiger partial charge in [-0.3, -0.25) is 0 Å². The average Bonchev–Trinajstić information content (AvgIpc) is 2.82. The first-order chi connectivity index (χ1) is 16.3. The van der Waals surface area contributed by atoms with Crippen LogP contribution in [0.5, 0.6) is 18.0 Å². The van der Waals surface area contributed by atoms with Crippen LogP contribution >= 0.6 is 0 Å². The van der Waals surface area contributed by atoms with Crippen LogP contribution in [0.4, 0.5) is 0 Å². The highest BCUT2D eigenvalue weighted by Crippen LogP contribution is 2.16. The van der Waals surface area contributed by atoms with Crippen LogP contribution in [0.3, 0.4) is 0 Å². The number of hydrogen-bond acceptors (Lipinski definition) is 9. The van der Waals surface area contributed by atoms with E-state index < -0.39 is 0 Å². The minimum Gasteiger partial charge on any atom is -0.502 e. The van der Waals surface area contributed by atoms with Crippen molar-refractivity contribution in [3.8, 4) is 18.0 Å². The molecule has 0 bridgehead atoms. The molecule has 0 unspecified atom stereocenters. The highest BCUT2D eigenvalue weighted by molar-refractivity contribution is 5.09. The Bertz CT molecular complexity index is 547. The molecule has 0 fully saturated rings. The van der Waals surface area contributed by atoms with Crippen molar-refractivity contribution in [2.45, 2.75) is 57.8 Å². The van der Waals surface area contributed by atoms with Crippen molar-refractivity contribution in [1.29, 1.82) is 0 Å². The van der Waals surface area contributed by atoms with Gasteiger partial charge >= 0.3 is 18.0 Å². The number of unbranched alkanes of at least 4 members (excludes halogenated alkanes) is 6. The molecule has 1 aromatic rings. The molecule has 9 heteroatoms. The standard InChI is InChI=1S/C24H39N3O6/c1-4-28-16-10-7-13-19-31-22-25-23(32-20-14-8-11-17-29-5-2)27-24(26-22)33-21-15-9-12-18-30-6-3/h4-6H,1-3,7-21H2. The molecule has 0 aromatic carbocycles. The maximum Gasteiger partial charge on any atom is 0.325 e. The van der Waals surface area contributed by atoms with Gasteiger partial charge in [-0.1, -0.05) is 19.7 Å². The first-order valence-corrected chi connectivity index (χ1v) is 11.6. The predicted octanol–water partition coefficient (Wildman–Crippen LogP) is 5.00. The second-order valence-corrected chi connectivity index (χ2v) is 7.02. The fourth-order valence-corrected chi connectivity index (χ4v) is 2.65. The van der Waals surface area contributed by atoms with E-state index in [1.807, 2.05) is 0 Å². The Labute approximate surface area is 197 Å². The van der Waals surface area contributed by atoms with Crippen LogP contribution < -0.4 is 14.2 Å². The smallest absolute Gasteiger partial charge is 0.325 e. The lowest BCUT2D eigenvalue weighted by molar-refractivity contribution is 0.213. The first-order valence-electron chi connectivity index (χ1n) is 11.6. The van der Waals surface area contributed by atoms with Crippen LogP contribution in [0.15, 0.2) is 38.5 Å². The van der Waals surface area contributed by atoms with E-state index >= 15 is 0 Å². The third-order valence-electron chi connectivity index (χ3n) is 4.34. The van der Waals surface area contributed by atoms with Crippen molar-refractivity contribution in [1.82, 2.24) is 15.0 Å². The Kier molecular flexibility index (Phi) is 17.8. The molecule has 0 amide bonds. The average molecular weight is 466 g/mol. The fourth-order valence-electron chi connectivity index (χ4n) is 2.65. The Morgan fingerprint density at radius 1 is 0.424 bits per heavy atom. The fraction of sp³-hybridized carbons (Fsp3) is 0.625. The minimum atomic E-state index is 0.205. The molecule has 0 aliphatic carbocycles. The monoisotopic (exact) mass is 465 g/mol. The molecular weight excluding hydrogens is 426 g/mol. The zero-order valence-corrected chi connectivity index (χ0v) is 19.8. The van der Waals surface area contributed by atoms with Crippen LogP contribution in [-0.4, -0.2) is 54.6 Å². The highest BCUT2D eigenvalue weighted by atomic mass is 16.5. The van der Waals surface area contributed by atoms with Crippen LogP contribution in [0.2, 0.25) is 0 Å². The van der Waals surface area contributed by atoms with Crippen molar-refractivity contribution < 1.29 is 28.4 Å². The van der Waals surface area contributed by atoms with Gasteiger partial charge in [-0.05, 0) is 57.8 Å². The van der Waals surface area contributed by atoms with E-state index in [0.29, 0.717) is 39.6 Å². The summed E-state index contributed by atoms with van der Waals surface area (Å²) in [5, 5.41) is 0. The summed E-state index contributed by atoms with van der Waals surface area (Å²) in [6, 6.07) is 0.614. The summed E-state index contributed by atoms with van der Waals surface area (Å²) in [5.74, 6) is 0. The lowest BCUT2D eigenvalue weighted by atomic mass is 10.2. The quantitative estimate of drug-likeness (QED) is 0.154. The van der Waals surface area contributed by atoms with Gasteiger partial charge in [0.1, 0.15) is 0 Å². The van der Waals surface area contributed by atoms with Gasteiger partial charge in [0.05, 0.1) is 58.4 Å². The maximum absolute atomic E-state index is 5.70. The second kappa shape index (κ2) is 20.9. The number of rotatable bonds is 24. The van der Waals surface area contributed by atoms with Gasteiger partial charge in [-0.25, -0.2) is 0 Å². The summed E-state index contributed by atoms with van der Waals surface area (Å²) in [6.07, 6.45) is 12.6. The molecule has 0 spiro atoms. The lowest BCUT2D eigenvalue weighted by Gasteiger charge is -2.10. The Balaban J connectivity index is 2.46. The molecule has 0 radical (unpaired) electrons. The van der Waals surface area contributed by atoms with E-state index in [-0.39, 0.29) is 18.0 Å². The lowest BCUT2D eigenvalue weighted by Crippen LogP contribution is -2.09. The van der Waals surface area contributed by atoms with E-state index in [1.54, 1.807) is 0 Å². The van der Waals surface area contributed by atoms with E-state index in [0.717, 1.165) is 57.8 Å². The normalized spacial score (nSPS) is 10.2. The van der Waals surface area contributed by atoms with Crippen molar-refractivity contribution >= 4 is 0 Å². The van der Waals surface area contributed by atoms with Gasteiger partial charge in [-0.2, -0.15) is 0 Å². The summed E-state index contributed by atoms with van der Waals surface area (Å²) in [6.45, 7) is 14.0. The Hall–Kier alpha value is -2.97. The number of aromatic nitrogens is 3. The zero-order valence-electron chi connectivity index (χ0n) is 19.8. The van der Waals surface area contributed by atoms with Crippen LogP contribution in [0.25, 0.3) is 0 Å². The molecule has 186 valence electrons. The van der Waals surface area contributed by atoms with Gasteiger partial charge in [0.25, 0.3) is 0 Å². The number of hydrogen-bond donors (Lipinski definition) is 0. The molecule has 33 heavy (non-hydrogen) atoms. The molecular formula is C24H39N3O6. The minimum absolute atomic E-state index is 0.205. The SMILES string of the molecule is C=COCCCCCOc1nc(OCCCCCOC=C)nc(OCCCCCOC=C)n1. The zero-order chi connectivity index (χ0) is 23.8. The predicted molar refractivity (Wildman–Crippen MR) is 126 cm³/mol. The second-order valence-electron chi connectivity index (χ2n) is 7.02. The van der Waals surface area contributed by atoms with Crippen LogP contribution in [0.1, 0.15) is 57.8 Å². The largest absolute Gasteiger partial charge is 0.502 e. The first kappa shape index (κ1) is 28.1. The van der Waals surface area contributed by atoms with Crippen molar-refractivity contribution in [3.05, 3.63) is 38.5 Å². The van der Waals surface area contributed by atoms with E-state index in [9.17, 15) is 0 Å². The van der Waals surface area contributed by atoms with E-state index in [2.05, 4.69) is 34.7 Å². The summed E-state index contributed by atoms with van der Waals surface area (Å²) in [7, 11) is 0. The Morgan fingerprint density at radius 2 is 0.697 bits per heavy atom. The van der Waals surface area contributed by atoms with Crippen LogP contribution in [-0.2, 0) is 14.2 Å². The maximum atomic E-state index is 5.70. The van der Waals surface area contributed by atoms with Crippen molar-refractivity contribution in [2.75, 3.05) is 39.6 Å². The van der Waals surface area contributed by atoms with Crippen LogP contribution in [0, 0.1) is 0 Å². The van der Waals surface area contributed by atoms with E-state index in [1.165, 1.54) is 18.8 Å². The molecule has 0 N–H and O–H groups in total. The highest BCUT2D eigenvalue weighted by Gasteiger charge is 2.10. The van der Waals surface area contributed by atoms with Gasteiger partial charge in [0, 0.05) is 0 Å². The number of nitrogens with zero attached hydrogens (tertiary/aromatic N) is 3. The summed E-state index contributed by atoms with van der Waals surface area (Å²) in [4.78, 5) is 12.8. The molecule has 0 aliphatic rings. The van der Waals surface area contributed by atoms with E-state index in [4.69, 9.17) is 28.4 Å². The molecule has 1 aromatic heterocycles. The molecule has 1 heterocycles. The molecule has 0 atom stereocenters. The van der Waals surface area contributed by atoms with Crippen molar-refractivity contribution in [2.24, 2.45) is 0 Å². The molecule has 0 saturated heterocycles.